The van der Waals surface area contributed by atoms with Crippen LogP contribution in [-0.2, 0) is 11.2 Å². The average Bonchev–Trinajstić information content (AvgIpc) is 3.39. The van der Waals surface area contributed by atoms with Crippen molar-refractivity contribution in [3.8, 4) is 0 Å². The molecule has 1 heterocycles. The largest absolute Gasteiger partial charge is 0.396 e. The summed E-state index contributed by atoms with van der Waals surface area (Å²) in [6.07, 6.45) is 5.73. The average molecular weight is 303 g/mol. The van der Waals surface area contributed by atoms with Gasteiger partial charge in [-0.05, 0) is 50.5 Å². The number of aliphatic hydroxyl groups excluding tert-OH is 1. The molecule has 2 N–H and O–H groups in total. The van der Waals surface area contributed by atoms with Crippen LogP contribution in [-0.4, -0.2) is 37.5 Å². The lowest BCUT2D eigenvalue weighted by Crippen LogP contribution is -2.46. The van der Waals surface area contributed by atoms with Crippen LogP contribution in [0.15, 0.2) is 24.3 Å². The van der Waals surface area contributed by atoms with Crippen LogP contribution in [0.5, 0.6) is 0 Å². The van der Waals surface area contributed by atoms with Crippen molar-refractivity contribution in [2.75, 3.05) is 26.4 Å². The number of rotatable bonds is 7. The minimum Gasteiger partial charge on any atom is -0.396 e. The Bertz CT molecular complexity index is 461. The zero-order chi connectivity index (χ0) is 15.4. The van der Waals surface area contributed by atoms with Gasteiger partial charge in [0.2, 0.25) is 0 Å². The summed E-state index contributed by atoms with van der Waals surface area (Å²) < 4.78 is 5.46. The van der Waals surface area contributed by atoms with Gasteiger partial charge in [0.1, 0.15) is 0 Å². The molecule has 3 heteroatoms. The summed E-state index contributed by atoms with van der Waals surface area (Å²) in [6, 6.07) is 9.46. The first kappa shape index (κ1) is 16.0. The monoisotopic (exact) mass is 303 g/mol. The normalized spacial score (nSPS) is 22.5. The van der Waals surface area contributed by atoms with E-state index in [0.29, 0.717) is 6.04 Å². The van der Waals surface area contributed by atoms with Crippen molar-refractivity contribution >= 4 is 0 Å². The molecule has 2 aliphatic rings. The maximum Gasteiger partial charge on any atom is 0.0501 e. The number of nitrogens with one attached hydrogen (secondary N) is 1. The van der Waals surface area contributed by atoms with E-state index >= 15 is 0 Å². The molecule has 1 atom stereocenters. The first-order valence-corrected chi connectivity index (χ1v) is 8.68. The topological polar surface area (TPSA) is 41.5 Å². The second-order valence-corrected chi connectivity index (χ2v) is 7.29. The fourth-order valence-electron chi connectivity index (χ4n) is 3.42. The molecule has 3 nitrogen and oxygen atoms in total. The first-order valence-electron chi connectivity index (χ1n) is 8.68. The second kappa shape index (κ2) is 7.12. The molecule has 1 aromatic rings. The molecule has 0 aromatic heterocycles. The maximum atomic E-state index is 9.83. The minimum absolute atomic E-state index is 0.0265. The highest BCUT2D eigenvalue weighted by atomic mass is 16.5. The van der Waals surface area contributed by atoms with Crippen LogP contribution in [0.2, 0.25) is 0 Å². The number of hydrogen-bond acceptors (Lipinski definition) is 3. The molecule has 1 unspecified atom stereocenters. The van der Waals surface area contributed by atoms with E-state index in [0.717, 1.165) is 44.9 Å². The van der Waals surface area contributed by atoms with Crippen molar-refractivity contribution in [1.29, 1.82) is 0 Å². The third kappa shape index (κ3) is 4.09. The zero-order valence-electron chi connectivity index (χ0n) is 13.7. The number of ether oxygens (including phenoxy) is 1. The van der Waals surface area contributed by atoms with Gasteiger partial charge in [0.05, 0.1) is 6.61 Å². The number of aryl methyl sites for hydroxylation is 1. The van der Waals surface area contributed by atoms with E-state index in [1.807, 2.05) is 0 Å². The Morgan fingerprint density at radius 2 is 1.91 bits per heavy atom. The zero-order valence-corrected chi connectivity index (χ0v) is 13.7. The van der Waals surface area contributed by atoms with Crippen LogP contribution in [0, 0.1) is 18.3 Å². The van der Waals surface area contributed by atoms with Crippen LogP contribution in [0.25, 0.3) is 0 Å². The highest BCUT2D eigenvalue weighted by molar-refractivity contribution is 5.22. The molecule has 0 radical (unpaired) electrons. The van der Waals surface area contributed by atoms with Gasteiger partial charge in [-0.2, -0.15) is 0 Å². The highest BCUT2D eigenvalue weighted by Crippen LogP contribution is 2.35. The minimum atomic E-state index is 0.0265. The lowest BCUT2D eigenvalue weighted by Gasteiger charge is -2.37. The third-order valence-electron chi connectivity index (χ3n) is 5.40. The Morgan fingerprint density at radius 3 is 2.50 bits per heavy atom. The Labute approximate surface area is 134 Å². The third-order valence-corrected chi connectivity index (χ3v) is 5.40. The van der Waals surface area contributed by atoms with Crippen molar-refractivity contribution in [2.45, 2.75) is 45.1 Å². The number of aliphatic hydroxyl groups is 1. The van der Waals surface area contributed by atoms with Crippen molar-refractivity contribution in [1.82, 2.24) is 5.32 Å². The predicted octanol–water partition coefficient (Wildman–Crippen LogP) is 2.69. The molecule has 1 aromatic carbocycles. The van der Waals surface area contributed by atoms with Crippen molar-refractivity contribution < 1.29 is 9.84 Å². The molecular weight excluding hydrogens is 274 g/mol. The molecule has 0 spiro atoms. The summed E-state index contributed by atoms with van der Waals surface area (Å²) in [7, 11) is 0. The van der Waals surface area contributed by atoms with E-state index in [4.69, 9.17) is 4.74 Å². The SMILES string of the molecule is Cc1ccc(CC(NCC2(CO)CCOCC2)C2CC2)cc1. The molecule has 2 fully saturated rings. The van der Waals surface area contributed by atoms with Crippen LogP contribution < -0.4 is 5.32 Å². The fourth-order valence-corrected chi connectivity index (χ4v) is 3.42. The van der Waals surface area contributed by atoms with Gasteiger partial charge in [-0.15, -0.1) is 0 Å². The summed E-state index contributed by atoms with van der Waals surface area (Å²) in [5, 5.41) is 13.6. The van der Waals surface area contributed by atoms with Gasteiger partial charge in [-0.25, -0.2) is 0 Å². The summed E-state index contributed by atoms with van der Waals surface area (Å²) in [5.41, 5.74) is 2.76. The molecule has 122 valence electrons. The van der Waals surface area contributed by atoms with E-state index in [1.165, 1.54) is 24.0 Å². The Kier molecular flexibility index (Phi) is 5.17. The molecular formula is C19H29NO2. The van der Waals surface area contributed by atoms with Crippen LogP contribution in [0.3, 0.4) is 0 Å². The molecule has 3 rings (SSSR count). The second-order valence-electron chi connectivity index (χ2n) is 7.29. The standard InChI is InChI=1S/C19H29NO2/c1-15-2-4-16(5-3-15)12-18(17-6-7-17)20-13-19(14-21)8-10-22-11-9-19/h2-5,17-18,20-21H,6-14H2,1H3. The number of benzene rings is 1. The smallest absolute Gasteiger partial charge is 0.0501 e. The lowest BCUT2D eigenvalue weighted by molar-refractivity contribution is -0.0168. The Morgan fingerprint density at radius 1 is 1.23 bits per heavy atom. The van der Waals surface area contributed by atoms with Gasteiger partial charge in [0.15, 0.2) is 0 Å². The van der Waals surface area contributed by atoms with E-state index in [9.17, 15) is 5.11 Å². The first-order chi connectivity index (χ1) is 10.7. The van der Waals surface area contributed by atoms with Crippen LogP contribution in [0.1, 0.15) is 36.8 Å². The Hall–Kier alpha value is -0.900. The molecule has 1 aliphatic heterocycles. The summed E-state index contributed by atoms with van der Waals surface area (Å²) >= 11 is 0. The number of hydrogen-bond donors (Lipinski definition) is 2. The van der Waals surface area contributed by atoms with Gasteiger partial charge in [-0.3, -0.25) is 0 Å². The van der Waals surface area contributed by atoms with Crippen LogP contribution in [0.4, 0.5) is 0 Å². The molecule has 1 saturated heterocycles. The van der Waals surface area contributed by atoms with Gasteiger partial charge in [-0.1, -0.05) is 29.8 Å². The van der Waals surface area contributed by atoms with Crippen molar-refractivity contribution in [2.24, 2.45) is 11.3 Å². The summed E-state index contributed by atoms with van der Waals surface area (Å²) in [6.45, 7) is 4.89. The van der Waals surface area contributed by atoms with E-state index < -0.39 is 0 Å². The van der Waals surface area contributed by atoms with Crippen LogP contribution >= 0.6 is 0 Å². The predicted molar refractivity (Wildman–Crippen MR) is 89.0 cm³/mol. The molecule has 0 amide bonds. The Balaban J connectivity index is 1.58. The van der Waals surface area contributed by atoms with E-state index in [-0.39, 0.29) is 12.0 Å². The fraction of sp³-hybridized carbons (Fsp3) is 0.684. The van der Waals surface area contributed by atoms with Gasteiger partial charge in [0.25, 0.3) is 0 Å². The molecule has 0 bridgehead atoms. The summed E-state index contributed by atoms with van der Waals surface area (Å²) in [5.74, 6) is 0.817. The van der Waals surface area contributed by atoms with E-state index in [2.05, 4.69) is 36.5 Å². The molecule has 1 saturated carbocycles. The molecule has 1 aliphatic carbocycles. The van der Waals surface area contributed by atoms with Gasteiger partial charge >= 0.3 is 0 Å². The maximum absolute atomic E-state index is 9.83. The van der Waals surface area contributed by atoms with Gasteiger partial charge in [0, 0.05) is 31.2 Å². The lowest BCUT2D eigenvalue weighted by atomic mass is 9.80. The quantitative estimate of drug-likeness (QED) is 0.814. The van der Waals surface area contributed by atoms with Crippen molar-refractivity contribution in [3.05, 3.63) is 35.4 Å². The highest BCUT2D eigenvalue weighted by Gasteiger charge is 2.36. The van der Waals surface area contributed by atoms with E-state index in [1.54, 1.807) is 0 Å². The van der Waals surface area contributed by atoms with Gasteiger partial charge < -0.3 is 15.2 Å². The molecule has 22 heavy (non-hydrogen) atoms. The summed E-state index contributed by atoms with van der Waals surface area (Å²) in [4.78, 5) is 0. The van der Waals surface area contributed by atoms with Crippen molar-refractivity contribution in [3.63, 3.8) is 0 Å².